The maximum absolute atomic E-state index is 11.3. The smallest absolute Gasteiger partial charge is 0.217 e. The highest BCUT2D eigenvalue weighted by Gasteiger charge is 2.16. The molecule has 32 heavy (non-hydrogen) atoms. The lowest BCUT2D eigenvalue weighted by Gasteiger charge is -2.22. The SMILES string of the molecule is CC(=O)NC1CC=C(c2ccc(-c3nc(N=COC4CCCCC4)ccc3Cl)cc2)CC1. The zero-order chi connectivity index (χ0) is 22.3. The van der Waals surface area contributed by atoms with Gasteiger partial charge in [0.25, 0.3) is 0 Å². The molecule has 5 nitrogen and oxygen atoms in total. The third-order valence-electron chi connectivity index (χ3n) is 6.17. The number of pyridine rings is 1. The first-order chi connectivity index (χ1) is 15.6. The molecule has 1 N–H and O–H groups in total. The zero-order valence-corrected chi connectivity index (χ0v) is 19.3. The van der Waals surface area contributed by atoms with Gasteiger partial charge in [-0.05, 0) is 68.2 Å². The lowest BCUT2D eigenvalue weighted by Crippen LogP contribution is -2.33. The van der Waals surface area contributed by atoms with Crippen LogP contribution >= 0.6 is 11.6 Å². The van der Waals surface area contributed by atoms with Crippen molar-refractivity contribution >= 4 is 35.3 Å². The van der Waals surface area contributed by atoms with Crippen LogP contribution in [0.5, 0.6) is 0 Å². The Morgan fingerprint density at radius 3 is 2.53 bits per heavy atom. The average Bonchev–Trinajstić information content (AvgIpc) is 2.81. The summed E-state index contributed by atoms with van der Waals surface area (Å²) in [5.41, 5.74) is 4.18. The molecule has 1 unspecified atom stereocenters. The number of nitrogens with one attached hydrogen (secondary N) is 1. The van der Waals surface area contributed by atoms with Gasteiger partial charge in [0, 0.05) is 18.5 Å². The molecule has 1 aromatic heterocycles. The van der Waals surface area contributed by atoms with Crippen molar-refractivity contribution in [2.24, 2.45) is 4.99 Å². The normalized spacial score (nSPS) is 19.6. The molecular formula is C26H30ClN3O2. The van der Waals surface area contributed by atoms with Gasteiger partial charge in [0.2, 0.25) is 5.91 Å². The number of benzene rings is 1. The Balaban J connectivity index is 1.42. The van der Waals surface area contributed by atoms with Crippen molar-refractivity contribution in [3.8, 4) is 11.3 Å². The number of amides is 1. The second-order valence-corrected chi connectivity index (χ2v) is 9.02. The quantitative estimate of drug-likeness (QED) is 0.403. The third kappa shape index (κ3) is 5.98. The van der Waals surface area contributed by atoms with Crippen molar-refractivity contribution in [3.63, 3.8) is 0 Å². The number of halogens is 1. The van der Waals surface area contributed by atoms with Crippen molar-refractivity contribution in [3.05, 3.63) is 53.1 Å². The maximum atomic E-state index is 11.3. The first kappa shape index (κ1) is 22.5. The van der Waals surface area contributed by atoms with Gasteiger partial charge in [0.05, 0.1) is 16.8 Å². The zero-order valence-electron chi connectivity index (χ0n) is 18.5. The summed E-state index contributed by atoms with van der Waals surface area (Å²) in [7, 11) is 0. The summed E-state index contributed by atoms with van der Waals surface area (Å²) < 4.78 is 5.78. The number of aliphatic imine (C=N–C) groups is 1. The highest BCUT2D eigenvalue weighted by Crippen LogP contribution is 2.32. The Kier molecular flexibility index (Phi) is 7.59. The third-order valence-corrected chi connectivity index (χ3v) is 6.47. The molecule has 4 rings (SSSR count). The number of aromatic nitrogens is 1. The van der Waals surface area contributed by atoms with E-state index in [0.29, 0.717) is 16.5 Å². The van der Waals surface area contributed by atoms with Gasteiger partial charge in [-0.25, -0.2) is 9.98 Å². The predicted molar refractivity (Wildman–Crippen MR) is 130 cm³/mol. The fourth-order valence-electron chi connectivity index (χ4n) is 4.43. The van der Waals surface area contributed by atoms with Gasteiger partial charge >= 0.3 is 0 Å². The largest absolute Gasteiger partial charge is 0.480 e. The maximum Gasteiger partial charge on any atom is 0.217 e. The number of rotatable bonds is 6. The molecule has 0 spiro atoms. The number of ether oxygens (including phenoxy) is 1. The van der Waals surface area contributed by atoms with Crippen molar-refractivity contribution in [2.45, 2.75) is 70.4 Å². The molecule has 0 aliphatic heterocycles. The van der Waals surface area contributed by atoms with E-state index in [1.807, 2.05) is 6.07 Å². The Bertz CT molecular complexity index is 995. The van der Waals surface area contributed by atoms with E-state index in [-0.39, 0.29) is 18.1 Å². The van der Waals surface area contributed by atoms with E-state index in [1.54, 1.807) is 13.0 Å². The van der Waals surface area contributed by atoms with Gasteiger partial charge < -0.3 is 10.1 Å². The Morgan fingerprint density at radius 2 is 1.84 bits per heavy atom. The van der Waals surface area contributed by atoms with Gasteiger partial charge in [0.1, 0.15) is 0 Å². The molecule has 6 heteroatoms. The van der Waals surface area contributed by atoms with Crippen LogP contribution in [0.1, 0.15) is 63.9 Å². The van der Waals surface area contributed by atoms with E-state index in [2.05, 4.69) is 45.6 Å². The van der Waals surface area contributed by atoms with E-state index in [0.717, 1.165) is 37.7 Å². The van der Waals surface area contributed by atoms with Crippen LogP contribution in [-0.2, 0) is 9.53 Å². The van der Waals surface area contributed by atoms with Gasteiger partial charge in [-0.15, -0.1) is 0 Å². The molecule has 2 aliphatic rings. The second-order valence-electron chi connectivity index (χ2n) is 8.61. The minimum Gasteiger partial charge on any atom is -0.480 e. The molecule has 1 amide bonds. The lowest BCUT2D eigenvalue weighted by molar-refractivity contribution is -0.119. The molecule has 0 radical (unpaired) electrons. The summed E-state index contributed by atoms with van der Waals surface area (Å²) in [6, 6.07) is 12.2. The summed E-state index contributed by atoms with van der Waals surface area (Å²) in [5, 5.41) is 3.60. The molecule has 1 atom stereocenters. The Morgan fingerprint density at radius 1 is 1.09 bits per heavy atom. The summed E-state index contributed by atoms with van der Waals surface area (Å²) in [5.74, 6) is 0.621. The molecule has 168 valence electrons. The number of hydrogen-bond acceptors (Lipinski definition) is 4. The fourth-order valence-corrected chi connectivity index (χ4v) is 4.65. The van der Waals surface area contributed by atoms with Crippen molar-refractivity contribution in [1.29, 1.82) is 0 Å². The van der Waals surface area contributed by atoms with Crippen LogP contribution in [0.15, 0.2) is 47.5 Å². The molecule has 2 aliphatic carbocycles. The summed E-state index contributed by atoms with van der Waals surface area (Å²) in [4.78, 5) is 20.3. The molecule has 0 bridgehead atoms. The molecular weight excluding hydrogens is 422 g/mol. The molecule has 1 heterocycles. The van der Waals surface area contributed by atoms with E-state index in [4.69, 9.17) is 16.3 Å². The van der Waals surface area contributed by atoms with Crippen LogP contribution in [0.2, 0.25) is 5.02 Å². The van der Waals surface area contributed by atoms with Gasteiger partial charge in [-0.3, -0.25) is 4.79 Å². The van der Waals surface area contributed by atoms with E-state index >= 15 is 0 Å². The lowest BCUT2D eigenvalue weighted by atomic mass is 9.90. The first-order valence-corrected chi connectivity index (χ1v) is 11.9. The minimum atomic E-state index is 0.0349. The molecule has 1 fully saturated rings. The molecule has 2 aromatic rings. The topological polar surface area (TPSA) is 63.6 Å². The number of nitrogens with zero attached hydrogens (tertiary/aromatic N) is 2. The number of carbonyl (C=O) groups excluding carboxylic acids is 1. The monoisotopic (exact) mass is 451 g/mol. The van der Waals surface area contributed by atoms with Crippen LogP contribution in [0.4, 0.5) is 5.82 Å². The number of carbonyl (C=O) groups is 1. The summed E-state index contributed by atoms with van der Waals surface area (Å²) in [6.07, 6.45) is 12.8. The highest BCUT2D eigenvalue weighted by molar-refractivity contribution is 6.33. The minimum absolute atomic E-state index is 0.0349. The standard InChI is InChI=1S/C26H30ClN3O2/c1-18(31)29-22-13-11-20(12-14-22)19-7-9-21(10-8-19)26-24(27)15-16-25(30-26)28-17-32-23-5-3-2-4-6-23/h7-11,15-17,22-23H,2-6,12-14H2,1H3,(H,29,31). The van der Waals surface area contributed by atoms with Crippen LogP contribution in [-0.4, -0.2) is 29.4 Å². The summed E-state index contributed by atoms with van der Waals surface area (Å²) in [6.45, 7) is 1.57. The molecule has 1 saturated carbocycles. The number of hydrogen-bond donors (Lipinski definition) is 1. The Labute approximate surface area is 195 Å². The number of allylic oxidation sites excluding steroid dienone is 1. The van der Waals surface area contributed by atoms with Gasteiger partial charge in [-0.2, -0.15) is 0 Å². The average molecular weight is 452 g/mol. The fraction of sp³-hybridized carbons (Fsp3) is 0.423. The van der Waals surface area contributed by atoms with Gasteiger partial charge in [0.15, 0.2) is 12.2 Å². The predicted octanol–water partition coefficient (Wildman–Crippen LogP) is 6.48. The van der Waals surface area contributed by atoms with Crippen LogP contribution in [0, 0.1) is 0 Å². The van der Waals surface area contributed by atoms with Gasteiger partial charge in [-0.1, -0.05) is 48.4 Å². The van der Waals surface area contributed by atoms with Crippen LogP contribution in [0.25, 0.3) is 16.8 Å². The molecule has 0 saturated heterocycles. The highest BCUT2D eigenvalue weighted by atomic mass is 35.5. The van der Waals surface area contributed by atoms with Crippen molar-refractivity contribution < 1.29 is 9.53 Å². The van der Waals surface area contributed by atoms with Crippen molar-refractivity contribution in [1.82, 2.24) is 10.3 Å². The van der Waals surface area contributed by atoms with Crippen LogP contribution < -0.4 is 5.32 Å². The molecule has 1 aromatic carbocycles. The summed E-state index contributed by atoms with van der Waals surface area (Å²) >= 11 is 6.44. The van der Waals surface area contributed by atoms with E-state index < -0.39 is 0 Å². The van der Waals surface area contributed by atoms with Crippen molar-refractivity contribution in [2.75, 3.05) is 0 Å². The Hall–Kier alpha value is -2.66. The first-order valence-electron chi connectivity index (χ1n) is 11.5. The second kappa shape index (κ2) is 10.8. The van der Waals surface area contributed by atoms with E-state index in [1.165, 1.54) is 36.8 Å². The van der Waals surface area contributed by atoms with E-state index in [9.17, 15) is 4.79 Å². The van der Waals surface area contributed by atoms with Crippen LogP contribution in [0.3, 0.4) is 0 Å².